The van der Waals surface area contributed by atoms with E-state index >= 15 is 0 Å². The highest BCUT2D eigenvalue weighted by Crippen LogP contribution is 2.37. The van der Waals surface area contributed by atoms with Crippen molar-refractivity contribution in [3.63, 3.8) is 0 Å². The van der Waals surface area contributed by atoms with Gasteiger partial charge in [-0.3, -0.25) is 4.79 Å². The van der Waals surface area contributed by atoms with Gasteiger partial charge in [0.1, 0.15) is 0 Å². The first-order valence-electron chi connectivity index (χ1n) is 7.53. The number of likely N-dealkylation sites (tertiary alicyclic amines) is 1. The van der Waals surface area contributed by atoms with Crippen molar-refractivity contribution in [2.24, 2.45) is 10.8 Å². The van der Waals surface area contributed by atoms with E-state index in [1.807, 2.05) is 0 Å². The van der Waals surface area contributed by atoms with E-state index in [1.54, 1.807) is 0 Å². The second-order valence-corrected chi connectivity index (χ2v) is 6.64. The van der Waals surface area contributed by atoms with E-state index in [4.69, 9.17) is 4.74 Å². The number of piperidine rings is 1. The SMILES string of the molecule is CCC1(C)CCN(CC2(C(=O)O)CCOCC2)CC1. The Morgan fingerprint density at radius 2 is 1.79 bits per heavy atom. The number of hydrogen-bond acceptors (Lipinski definition) is 3. The number of ether oxygens (including phenoxy) is 1. The third kappa shape index (κ3) is 3.29. The van der Waals surface area contributed by atoms with Gasteiger partial charge in [0.2, 0.25) is 0 Å². The molecule has 4 nitrogen and oxygen atoms in total. The summed E-state index contributed by atoms with van der Waals surface area (Å²) in [5, 5.41) is 9.59. The first-order chi connectivity index (χ1) is 9.00. The lowest BCUT2D eigenvalue weighted by atomic mass is 9.76. The Morgan fingerprint density at radius 1 is 1.21 bits per heavy atom. The summed E-state index contributed by atoms with van der Waals surface area (Å²) in [4.78, 5) is 14.0. The Labute approximate surface area is 116 Å². The third-order valence-corrected chi connectivity index (χ3v) is 5.35. The lowest BCUT2D eigenvalue weighted by Gasteiger charge is -2.43. The summed E-state index contributed by atoms with van der Waals surface area (Å²) in [6.45, 7) is 8.57. The summed E-state index contributed by atoms with van der Waals surface area (Å²) in [6.07, 6.45) is 4.91. The zero-order chi connectivity index (χ0) is 13.9. The summed E-state index contributed by atoms with van der Waals surface area (Å²) in [5.41, 5.74) is -0.110. The van der Waals surface area contributed by atoms with Crippen molar-refractivity contribution >= 4 is 5.97 Å². The average molecular weight is 269 g/mol. The van der Waals surface area contributed by atoms with Gasteiger partial charge in [-0.05, 0) is 44.2 Å². The van der Waals surface area contributed by atoms with Gasteiger partial charge in [-0.25, -0.2) is 0 Å². The predicted octanol–water partition coefficient (Wildman–Crippen LogP) is 2.38. The molecule has 0 saturated carbocycles. The molecule has 1 N–H and O–H groups in total. The molecule has 19 heavy (non-hydrogen) atoms. The summed E-state index contributed by atoms with van der Waals surface area (Å²) < 4.78 is 5.33. The van der Waals surface area contributed by atoms with Gasteiger partial charge in [-0.1, -0.05) is 20.3 Å². The van der Waals surface area contributed by atoms with Crippen LogP contribution in [0.2, 0.25) is 0 Å². The van der Waals surface area contributed by atoms with Gasteiger partial charge in [-0.15, -0.1) is 0 Å². The molecule has 0 bridgehead atoms. The maximum atomic E-state index is 11.7. The molecule has 0 aliphatic carbocycles. The number of carboxylic acids is 1. The highest BCUT2D eigenvalue weighted by atomic mass is 16.5. The first-order valence-corrected chi connectivity index (χ1v) is 7.53. The van der Waals surface area contributed by atoms with E-state index < -0.39 is 11.4 Å². The molecule has 0 aromatic rings. The van der Waals surface area contributed by atoms with Crippen LogP contribution in [0.25, 0.3) is 0 Å². The second kappa shape index (κ2) is 5.80. The maximum absolute atomic E-state index is 11.7. The highest BCUT2D eigenvalue weighted by molar-refractivity contribution is 5.75. The summed E-state index contributed by atoms with van der Waals surface area (Å²) in [5.74, 6) is -0.639. The van der Waals surface area contributed by atoms with Crippen LogP contribution in [0, 0.1) is 10.8 Å². The molecule has 2 saturated heterocycles. The fourth-order valence-electron chi connectivity index (χ4n) is 3.23. The Balaban J connectivity index is 1.94. The van der Waals surface area contributed by atoms with Crippen molar-refractivity contribution in [3.8, 4) is 0 Å². The molecule has 2 aliphatic rings. The number of carbonyl (C=O) groups is 1. The van der Waals surface area contributed by atoms with Crippen LogP contribution < -0.4 is 0 Å². The standard InChI is InChI=1S/C15H27NO3/c1-3-14(2)4-8-16(9-5-14)12-15(13(17)18)6-10-19-11-7-15/h3-12H2,1-2H3,(H,17,18). The van der Waals surface area contributed by atoms with Gasteiger partial charge in [-0.2, -0.15) is 0 Å². The minimum Gasteiger partial charge on any atom is -0.481 e. The van der Waals surface area contributed by atoms with Crippen LogP contribution >= 0.6 is 0 Å². The van der Waals surface area contributed by atoms with Crippen LogP contribution in [-0.2, 0) is 9.53 Å². The van der Waals surface area contributed by atoms with E-state index in [9.17, 15) is 9.90 Å². The molecule has 0 spiro atoms. The molecule has 2 fully saturated rings. The molecule has 2 rings (SSSR count). The van der Waals surface area contributed by atoms with Crippen molar-refractivity contribution in [3.05, 3.63) is 0 Å². The molecule has 0 unspecified atom stereocenters. The summed E-state index contributed by atoms with van der Waals surface area (Å²) in [7, 11) is 0. The zero-order valence-electron chi connectivity index (χ0n) is 12.3. The molecule has 0 radical (unpaired) electrons. The Kier molecular flexibility index (Phi) is 4.51. The largest absolute Gasteiger partial charge is 0.481 e. The van der Waals surface area contributed by atoms with Crippen molar-refractivity contribution in [2.75, 3.05) is 32.8 Å². The number of rotatable bonds is 4. The molecule has 0 aromatic carbocycles. The minimum absolute atomic E-state index is 0.461. The monoisotopic (exact) mass is 269 g/mol. The quantitative estimate of drug-likeness (QED) is 0.851. The third-order valence-electron chi connectivity index (χ3n) is 5.35. The van der Waals surface area contributed by atoms with Gasteiger partial charge in [0, 0.05) is 19.8 Å². The van der Waals surface area contributed by atoms with Crippen LogP contribution in [0.4, 0.5) is 0 Å². The van der Waals surface area contributed by atoms with Crippen molar-refractivity contribution < 1.29 is 14.6 Å². The van der Waals surface area contributed by atoms with Gasteiger partial charge < -0.3 is 14.7 Å². The number of aliphatic carboxylic acids is 1. The molecule has 2 aliphatic heterocycles. The van der Waals surface area contributed by atoms with Crippen LogP contribution in [0.5, 0.6) is 0 Å². The second-order valence-electron chi connectivity index (χ2n) is 6.64. The number of hydrogen-bond donors (Lipinski definition) is 1. The molecule has 2 heterocycles. The maximum Gasteiger partial charge on any atom is 0.311 e. The highest BCUT2D eigenvalue weighted by Gasteiger charge is 2.42. The molecule has 110 valence electrons. The van der Waals surface area contributed by atoms with Gasteiger partial charge in [0.25, 0.3) is 0 Å². The van der Waals surface area contributed by atoms with E-state index in [1.165, 1.54) is 19.3 Å². The van der Waals surface area contributed by atoms with E-state index in [-0.39, 0.29) is 0 Å². The van der Waals surface area contributed by atoms with Gasteiger partial charge >= 0.3 is 5.97 Å². The minimum atomic E-state index is -0.639. The normalized spacial score (nSPS) is 27.1. The van der Waals surface area contributed by atoms with Crippen LogP contribution in [0.1, 0.15) is 46.0 Å². The number of nitrogens with zero attached hydrogens (tertiary/aromatic N) is 1. The van der Waals surface area contributed by atoms with Crippen LogP contribution in [0.3, 0.4) is 0 Å². The van der Waals surface area contributed by atoms with E-state index in [2.05, 4.69) is 18.7 Å². The first kappa shape index (κ1) is 14.8. The average Bonchev–Trinajstić information content (AvgIpc) is 2.43. The van der Waals surface area contributed by atoms with Gasteiger partial charge in [0.15, 0.2) is 0 Å². The molecule has 0 aromatic heterocycles. The molecular formula is C15H27NO3. The van der Waals surface area contributed by atoms with Crippen LogP contribution in [0.15, 0.2) is 0 Å². The van der Waals surface area contributed by atoms with Crippen molar-refractivity contribution in [2.45, 2.75) is 46.0 Å². The fourth-order valence-corrected chi connectivity index (χ4v) is 3.23. The number of carboxylic acid groups (broad SMARTS) is 1. The predicted molar refractivity (Wildman–Crippen MR) is 74.2 cm³/mol. The fraction of sp³-hybridized carbons (Fsp3) is 0.933. The molecule has 0 atom stereocenters. The zero-order valence-corrected chi connectivity index (χ0v) is 12.3. The smallest absolute Gasteiger partial charge is 0.311 e. The molecule has 4 heteroatoms. The Hall–Kier alpha value is -0.610. The Bertz CT molecular complexity index is 315. The lowest BCUT2D eigenvalue weighted by molar-refractivity contribution is -0.157. The van der Waals surface area contributed by atoms with Gasteiger partial charge in [0.05, 0.1) is 5.41 Å². The lowest BCUT2D eigenvalue weighted by Crippen LogP contribution is -2.49. The summed E-state index contributed by atoms with van der Waals surface area (Å²) >= 11 is 0. The van der Waals surface area contributed by atoms with Crippen molar-refractivity contribution in [1.82, 2.24) is 4.90 Å². The van der Waals surface area contributed by atoms with E-state index in [0.717, 1.165) is 13.1 Å². The molecular weight excluding hydrogens is 242 g/mol. The topological polar surface area (TPSA) is 49.8 Å². The van der Waals surface area contributed by atoms with Crippen molar-refractivity contribution in [1.29, 1.82) is 0 Å². The van der Waals surface area contributed by atoms with E-state index in [0.29, 0.717) is 38.0 Å². The Morgan fingerprint density at radius 3 is 2.26 bits per heavy atom. The summed E-state index contributed by atoms with van der Waals surface area (Å²) in [6, 6.07) is 0. The van der Waals surface area contributed by atoms with Crippen LogP contribution in [-0.4, -0.2) is 48.8 Å². The molecule has 0 amide bonds.